The first kappa shape index (κ1) is 31.2. The second kappa shape index (κ2) is 13.9. The maximum Gasteiger partial charge on any atom is 0.410 e. The third kappa shape index (κ3) is 8.16. The molecule has 0 radical (unpaired) electrons. The number of piperidine rings is 1. The minimum absolute atomic E-state index is 0.0287. The summed E-state index contributed by atoms with van der Waals surface area (Å²) in [5.74, 6) is 0.929. The molecule has 0 N–H and O–H groups in total. The number of rotatable bonds is 11. The highest BCUT2D eigenvalue weighted by molar-refractivity contribution is 5.68. The Bertz CT molecular complexity index is 1200. The van der Waals surface area contributed by atoms with Crippen molar-refractivity contribution in [3.8, 4) is 11.5 Å². The molecule has 0 spiro atoms. The predicted octanol–water partition coefficient (Wildman–Crippen LogP) is 4.43. The minimum atomic E-state index is -0.979. The first-order valence-corrected chi connectivity index (χ1v) is 14.1. The highest BCUT2D eigenvalue weighted by Gasteiger charge is 2.43. The lowest BCUT2D eigenvalue weighted by Gasteiger charge is -2.42. The van der Waals surface area contributed by atoms with Gasteiger partial charge in [0.05, 0.1) is 45.1 Å². The zero-order chi connectivity index (χ0) is 30.3. The Morgan fingerprint density at radius 3 is 2.50 bits per heavy atom. The highest BCUT2D eigenvalue weighted by atomic mass is 17.0. The molecule has 0 saturated carbocycles. The molecular formula is C30H41N3O9. The van der Waals surface area contributed by atoms with Gasteiger partial charge in [0.2, 0.25) is 0 Å². The number of ether oxygens (including phenoxy) is 5. The molecule has 0 bridgehead atoms. The summed E-state index contributed by atoms with van der Waals surface area (Å²) in [6.45, 7) is 8.55. The number of hydrogen-bond acceptors (Lipinski definition) is 10. The number of carbonyl (C=O) groups excluding carboxylic acids is 1. The first-order chi connectivity index (χ1) is 20.1. The molecular weight excluding hydrogens is 546 g/mol. The monoisotopic (exact) mass is 587 g/mol. The molecule has 42 heavy (non-hydrogen) atoms. The average molecular weight is 588 g/mol. The van der Waals surface area contributed by atoms with Gasteiger partial charge in [-0.25, -0.2) is 4.79 Å². The van der Waals surface area contributed by atoms with Crippen LogP contribution in [0.25, 0.3) is 0 Å². The molecule has 2 aliphatic heterocycles. The molecule has 2 aromatic rings. The quantitative estimate of drug-likeness (QED) is 0.212. The zero-order valence-corrected chi connectivity index (χ0v) is 24.9. The number of carbonyl (C=O) groups is 1. The first-order valence-electron chi connectivity index (χ1n) is 14.1. The molecule has 4 rings (SSSR count). The summed E-state index contributed by atoms with van der Waals surface area (Å²) >= 11 is 0. The summed E-state index contributed by atoms with van der Waals surface area (Å²) in [4.78, 5) is 33.5. The lowest BCUT2D eigenvalue weighted by Crippen LogP contribution is -2.55. The number of anilines is 1. The van der Waals surface area contributed by atoms with Gasteiger partial charge in [-0.3, -0.25) is 0 Å². The Morgan fingerprint density at radius 1 is 1.10 bits per heavy atom. The third-order valence-electron chi connectivity index (χ3n) is 7.20. The van der Waals surface area contributed by atoms with E-state index >= 15 is 0 Å². The molecule has 0 aliphatic carbocycles. The summed E-state index contributed by atoms with van der Waals surface area (Å²) in [6, 6.07) is 13.2. The van der Waals surface area contributed by atoms with Crippen molar-refractivity contribution >= 4 is 11.8 Å². The van der Waals surface area contributed by atoms with E-state index in [-0.39, 0.29) is 19.7 Å². The molecule has 230 valence electrons. The van der Waals surface area contributed by atoms with Crippen LogP contribution < -0.4 is 14.4 Å². The van der Waals surface area contributed by atoms with Gasteiger partial charge in [0.25, 0.3) is 5.09 Å². The molecule has 2 aromatic carbocycles. The van der Waals surface area contributed by atoms with Crippen molar-refractivity contribution in [2.24, 2.45) is 0 Å². The van der Waals surface area contributed by atoms with E-state index in [0.717, 1.165) is 42.1 Å². The van der Waals surface area contributed by atoms with Crippen molar-refractivity contribution in [1.82, 2.24) is 4.90 Å². The van der Waals surface area contributed by atoms with E-state index in [2.05, 4.69) is 4.90 Å². The van der Waals surface area contributed by atoms with Gasteiger partial charge in [0.1, 0.15) is 29.8 Å². The summed E-state index contributed by atoms with van der Waals surface area (Å²) in [7, 11) is 3.26. The highest BCUT2D eigenvalue weighted by Crippen LogP contribution is 2.36. The van der Waals surface area contributed by atoms with E-state index in [9.17, 15) is 14.9 Å². The van der Waals surface area contributed by atoms with Gasteiger partial charge in [-0.15, -0.1) is 10.1 Å². The Balaban J connectivity index is 1.60. The molecule has 1 fully saturated rings. The lowest BCUT2D eigenvalue weighted by molar-refractivity contribution is -0.770. The van der Waals surface area contributed by atoms with Crippen LogP contribution in [0, 0.1) is 10.1 Å². The van der Waals surface area contributed by atoms with Crippen molar-refractivity contribution in [1.29, 1.82) is 0 Å². The molecule has 2 aliphatic rings. The molecule has 1 amide bonds. The van der Waals surface area contributed by atoms with Crippen LogP contribution >= 0.6 is 0 Å². The molecule has 0 aromatic heterocycles. The van der Waals surface area contributed by atoms with E-state index in [1.54, 1.807) is 47.1 Å². The number of amides is 1. The summed E-state index contributed by atoms with van der Waals surface area (Å²) in [5.41, 5.74) is 1.93. The van der Waals surface area contributed by atoms with Crippen LogP contribution in [0.4, 0.5) is 10.5 Å². The van der Waals surface area contributed by atoms with E-state index < -0.39 is 34.9 Å². The molecule has 2 heterocycles. The van der Waals surface area contributed by atoms with Crippen molar-refractivity contribution in [3.63, 3.8) is 0 Å². The smallest absolute Gasteiger partial charge is 0.410 e. The average Bonchev–Trinajstić information content (AvgIpc) is 2.95. The van der Waals surface area contributed by atoms with Crippen LogP contribution in [0.2, 0.25) is 0 Å². The Hall–Kier alpha value is -3.77. The second-order valence-electron chi connectivity index (χ2n) is 11.4. The van der Waals surface area contributed by atoms with Gasteiger partial charge in [0.15, 0.2) is 0 Å². The SMILES string of the molecule is COCCCN1CCOc2ccc(CO[C@H]3CN(C(=O)OC(C)(C)C)C[C@@H](O[N+](=O)[O-])[C@@H]3c3ccc(OC)cc3)cc21. The maximum atomic E-state index is 13.1. The largest absolute Gasteiger partial charge is 0.497 e. The summed E-state index contributed by atoms with van der Waals surface area (Å²) in [6.07, 6.45) is -1.30. The number of likely N-dealkylation sites (tertiary alicyclic amines) is 1. The van der Waals surface area contributed by atoms with E-state index in [1.165, 1.54) is 4.90 Å². The molecule has 3 atom stereocenters. The second-order valence-corrected chi connectivity index (χ2v) is 11.4. The van der Waals surface area contributed by atoms with Crippen LogP contribution in [0.3, 0.4) is 0 Å². The third-order valence-corrected chi connectivity index (χ3v) is 7.20. The topological polar surface area (TPSA) is 122 Å². The fraction of sp³-hybridized carbons (Fsp3) is 0.567. The zero-order valence-electron chi connectivity index (χ0n) is 24.9. The fourth-order valence-electron chi connectivity index (χ4n) is 5.32. The van der Waals surface area contributed by atoms with Gasteiger partial charge >= 0.3 is 6.09 Å². The van der Waals surface area contributed by atoms with Gasteiger partial charge in [-0.2, -0.15) is 0 Å². The number of fused-ring (bicyclic) bond motifs is 1. The lowest BCUT2D eigenvalue weighted by atomic mass is 9.84. The fourth-order valence-corrected chi connectivity index (χ4v) is 5.32. The van der Waals surface area contributed by atoms with Crippen LogP contribution in [0.15, 0.2) is 42.5 Å². The molecule has 12 heteroatoms. The van der Waals surface area contributed by atoms with Gasteiger partial charge in [-0.05, 0) is 62.6 Å². The van der Waals surface area contributed by atoms with Crippen LogP contribution in [-0.4, -0.2) is 87.5 Å². The standard InChI is InChI=1S/C30H41N3O9/c1-30(2,3)41-29(34)32-18-26(28(27(19-32)42-33(35)36)22-8-10-23(38-5)11-9-22)40-20-21-7-12-25-24(17-21)31(14-16-39-25)13-6-15-37-4/h7-12,17,26-28H,6,13-16,18-20H2,1-5H3/t26-,27+,28+/m0/s1. The van der Waals surface area contributed by atoms with Crippen molar-refractivity contribution in [2.45, 2.75) is 57.5 Å². The van der Waals surface area contributed by atoms with Crippen LogP contribution in [0.5, 0.6) is 11.5 Å². The minimum Gasteiger partial charge on any atom is -0.497 e. The maximum absolute atomic E-state index is 13.1. The van der Waals surface area contributed by atoms with Crippen molar-refractivity contribution in [2.75, 3.05) is 58.5 Å². The normalized spacial score (nSPS) is 20.4. The van der Waals surface area contributed by atoms with Crippen molar-refractivity contribution in [3.05, 3.63) is 63.7 Å². The Labute approximate surface area is 246 Å². The van der Waals surface area contributed by atoms with Crippen LogP contribution in [-0.2, 0) is 25.7 Å². The van der Waals surface area contributed by atoms with E-state index in [1.807, 2.05) is 30.3 Å². The van der Waals surface area contributed by atoms with Gasteiger partial charge in [-0.1, -0.05) is 18.2 Å². The van der Waals surface area contributed by atoms with Gasteiger partial charge < -0.3 is 38.3 Å². The summed E-state index contributed by atoms with van der Waals surface area (Å²) < 4.78 is 28.5. The van der Waals surface area contributed by atoms with Gasteiger partial charge in [0, 0.05) is 26.2 Å². The van der Waals surface area contributed by atoms with E-state index in [4.69, 9.17) is 28.5 Å². The summed E-state index contributed by atoms with van der Waals surface area (Å²) in [5, 5.41) is 10.7. The Morgan fingerprint density at radius 2 is 1.83 bits per heavy atom. The predicted molar refractivity (Wildman–Crippen MR) is 155 cm³/mol. The molecule has 1 saturated heterocycles. The number of nitrogens with zero attached hydrogens (tertiary/aromatic N) is 3. The molecule has 12 nitrogen and oxygen atoms in total. The number of benzene rings is 2. The Kier molecular flexibility index (Phi) is 10.3. The van der Waals surface area contributed by atoms with Crippen molar-refractivity contribution < 1.29 is 38.4 Å². The van der Waals surface area contributed by atoms with Crippen LogP contribution in [0.1, 0.15) is 44.2 Å². The number of hydrogen-bond donors (Lipinski definition) is 0. The number of methoxy groups -OCH3 is 2. The van der Waals surface area contributed by atoms with E-state index in [0.29, 0.717) is 19.0 Å². The molecule has 0 unspecified atom stereocenters.